The van der Waals surface area contributed by atoms with E-state index in [4.69, 9.17) is 0 Å². The van der Waals surface area contributed by atoms with Crippen LogP contribution in [-0.4, -0.2) is 18.3 Å². The summed E-state index contributed by atoms with van der Waals surface area (Å²) < 4.78 is 13.3. The second-order valence-electron chi connectivity index (χ2n) is 2.97. The Hall–Kier alpha value is -1.43. The molecule has 1 aliphatic heterocycles. The second kappa shape index (κ2) is 3.98. The van der Waals surface area contributed by atoms with Gasteiger partial charge in [-0.3, -0.25) is 20.6 Å². The molecule has 0 fully saturated rings. The number of hydrazine groups is 1. The zero-order valence-electron chi connectivity index (χ0n) is 7.55. The highest BCUT2D eigenvalue weighted by atomic mass is 79.9. The lowest BCUT2D eigenvalue weighted by atomic mass is 10.2. The number of nitrogens with one attached hydrogen (secondary N) is 2. The summed E-state index contributed by atoms with van der Waals surface area (Å²) in [7, 11) is 0. The first-order valence-electron chi connectivity index (χ1n) is 4.21. The predicted octanol–water partition coefficient (Wildman–Crippen LogP) is 0.969. The van der Waals surface area contributed by atoms with Crippen LogP contribution in [0.1, 0.15) is 5.56 Å². The van der Waals surface area contributed by atoms with Gasteiger partial charge in [0.15, 0.2) is 0 Å². The number of carbonyl (C=O) groups is 1. The topological polar surface area (TPSA) is 53.5 Å². The third-order valence-electron chi connectivity index (χ3n) is 1.89. The van der Waals surface area contributed by atoms with Gasteiger partial charge in [0.25, 0.3) is 5.91 Å². The van der Waals surface area contributed by atoms with E-state index in [1.807, 2.05) is 0 Å². The van der Waals surface area contributed by atoms with E-state index in [9.17, 15) is 9.18 Å². The van der Waals surface area contributed by atoms with Crippen molar-refractivity contribution in [1.29, 1.82) is 0 Å². The largest absolute Gasteiger partial charge is 0.282 e. The Balaban J connectivity index is 2.30. The monoisotopic (exact) mass is 271 g/mol. The molecule has 0 aromatic heterocycles. The lowest BCUT2D eigenvalue weighted by Crippen LogP contribution is -2.47. The summed E-state index contributed by atoms with van der Waals surface area (Å²) in [4.78, 5) is 14.8. The highest BCUT2D eigenvalue weighted by Crippen LogP contribution is 2.17. The number of benzene rings is 1. The molecule has 78 valence electrons. The molecule has 0 radical (unpaired) electrons. The third kappa shape index (κ3) is 2.15. The average molecular weight is 272 g/mol. The van der Waals surface area contributed by atoms with Gasteiger partial charge in [-0.15, -0.1) is 0 Å². The van der Waals surface area contributed by atoms with E-state index in [1.54, 1.807) is 12.1 Å². The molecular weight excluding hydrogens is 265 g/mol. The van der Waals surface area contributed by atoms with Crippen molar-refractivity contribution in [2.75, 3.05) is 6.54 Å². The van der Waals surface area contributed by atoms with E-state index in [1.165, 1.54) is 6.07 Å². The van der Waals surface area contributed by atoms with E-state index in [0.717, 1.165) is 0 Å². The summed E-state index contributed by atoms with van der Waals surface area (Å²) in [6, 6.07) is 4.52. The Labute approximate surface area is 93.7 Å². The van der Waals surface area contributed by atoms with Crippen molar-refractivity contribution >= 4 is 27.7 Å². The van der Waals surface area contributed by atoms with Crippen LogP contribution in [-0.2, 0) is 4.79 Å². The molecule has 15 heavy (non-hydrogen) atoms. The molecule has 0 spiro atoms. The number of nitrogens with zero attached hydrogens (tertiary/aromatic N) is 1. The number of hydrogen-bond acceptors (Lipinski definition) is 3. The highest BCUT2D eigenvalue weighted by Gasteiger charge is 2.12. The van der Waals surface area contributed by atoms with Crippen LogP contribution in [0.2, 0.25) is 0 Å². The predicted molar refractivity (Wildman–Crippen MR) is 56.8 cm³/mol. The van der Waals surface area contributed by atoms with Gasteiger partial charge in [-0.05, 0) is 34.1 Å². The fourth-order valence-electron chi connectivity index (χ4n) is 1.17. The van der Waals surface area contributed by atoms with Crippen molar-refractivity contribution < 1.29 is 9.18 Å². The number of halogens is 2. The van der Waals surface area contributed by atoms with E-state index >= 15 is 0 Å². The van der Waals surface area contributed by atoms with Crippen LogP contribution < -0.4 is 10.9 Å². The summed E-state index contributed by atoms with van der Waals surface area (Å²) in [6.07, 6.45) is 0. The zero-order chi connectivity index (χ0) is 10.8. The van der Waals surface area contributed by atoms with E-state index in [0.29, 0.717) is 15.9 Å². The van der Waals surface area contributed by atoms with Crippen LogP contribution in [0.5, 0.6) is 0 Å². The molecule has 1 aliphatic rings. The van der Waals surface area contributed by atoms with Gasteiger partial charge in [-0.1, -0.05) is 0 Å². The molecule has 0 bridgehead atoms. The minimum atomic E-state index is -0.334. The quantitative estimate of drug-likeness (QED) is 0.800. The van der Waals surface area contributed by atoms with Gasteiger partial charge >= 0.3 is 0 Å². The fraction of sp³-hybridized carbons (Fsp3) is 0.111. The molecule has 1 aromatic rings. The molecule has 1 heterocycles. The number of carbonyl (C=O) groups excluding carboxylic acids is 1. The first-order chi connectivity index (χ1) is 7.16. The van der Waals surface area contributed by atoms with Crippen LogP contribution in [0.25, 0.3) is 0 Å². The molecular formula is C9H7BrFN3O. The molecule has 4 nitrogen and oxygen atoms in total. The summed E-state index contributed by atoms with van der Waals surface area (Å²) in [5, 5.41) is 0. The minimum absolute atomic E-state index is 0.0807. The first kappa shape index (κ1) is 10.1. The third-order valence-corrected chi connectivity index (χ3v) is 2.50. The second-order valence-corrected chi connectivity index (χ2v) is 3.82. The minimum Gasteiger partial charge on any atom is -0.282 e. The van der Waals surface area contributed by atoms with Gasteiger partial charge in [-0.2, -0.15) is 0 Å². The molecule has 0 aliphatic carbocycles. The summed E-state index contributed by atoms with van der Waals surface area (Å²) in [5.74, 6) is -0.00516. The molecule has 2 rings (SSSR count). The Morgan fingerprint density at radius 1 is 1.40 bits per heavy atom. The number of amidine groups is 1. The van der Waals surface area contributed by atoms with E-state index < -0.39 is 0 Å². The van der Waals surface area contributed by atoms with Crippen molar-refractivity contribution in [3.8, 4) is 0 Å². The number of hydrogen-bond donors (Lipinski definition) is 2. The van der Waals surface area contributed by atoms with Crippen molar-refractivity contribution in [1.82, 2.24) is 10.9 Å². The van der Waals surface area contributed by atoms with Crippen molar-refractivity contribution in [2.45, 2.75) is 0 Å². The molecule has 0 saturated carbocycles. The van der Waals surface area contributed by atoms with Crippen molar-refractivity contribution in [3.05, 3.63) is 34.1 Å². The SMILES string of the molecule is O=C1CN=C(c2ccc(F)c(Br)c2)NN1. The maximum Gasteiger partial charge on any atom is 0.260 e. The zero-order valence-corrected chi connectivity index (χ0v) is 9.14. The molecule has 0 atom stereocenters. The molecule has 2 N–H and O–H groups in total. The van der Waals surface area contributed by atoms with Crippen molar-refractivity contribution in [3.63, 3.8) is 0 Å². The van der Waals surface area contributed by atoms with E-state index in [2.05, 4.69) is 31.8 Å². The first-order valence-corrected chi connectivity index (χ1v) is 5.01. The van der Waals surface area contributed by atoms with Gasteiger partial charge in [-0.25, -0.2) is 4.39 Å². The van der Waals surface area contributed by atoms with Gasteiger partial charge in [0.05, 0.1) is 4.47 Å². The van der Waals surface area contributed by atoms with Crippen LogP contribution in [0.15, 0.2) is 27.7 Å². The standard InChI is InChI=1S/C9H7BrFN3O/c10-6-3-5(1-2-7(6)11)9-12-4-8(15)13-14-9/h1-3H,4H2,(H,12,14)(H,13,15). The van der Waals surface area contributed by atoms with Gasteiger partial charge in [0, 0.05) is 5.56 Å². The van der Waals surface area contributed by atoms with E-state index in [-0.39, 0.29) is 18.3 Å². The number of amides is 1. The lowest BCUT2D eigenvalue weighted by Gasteiger charge is -2.15. The average Bonchev–Trinajstić information content (AvgIpc) is 2.23. The Bertz CT molecular complexity index is 447. The van der Waals surface area contributed by atoms with Crippen LogP contribution in [0.3, 0.4) is 0 Å². The fourth-order valence-corrected chi connectivity index (χ4v) is 1.54. The van der Waals surface area contributed by atoms with Crippen LogP contribution >= 0.6 is 15.9 Å². The van der Waals surface area contributed by atoms with Crippen LogP contribution in [0, 0.1) is 5.82 Å². The van der Waals surface area contributed by atoms with Gasteiger partial charge in [0.2, 0.25) is 0 Å². The lowest BCUT2D eigenvalue weighted by molar-refractivity contribution is -0.120. The summed E-state index contributed by atoms with van der Waals surface area (Å²) >= 11 is 3.08. The van der Waals surface area contributed by atoms with Crippen molar-refractivity contribution in [2.24, 2.45) is 4.99 Å². The Morgan fingerprint density at radius 3 is 2.80 bits per heavy atom. The maximum absolute atomic E-state index is 13.0. The normalized spacial score (nSPS) is 15.3. The summed E-state index contributed by atoms with van der Waals surface area (Å²) in [6.45, 7) is 0.0807. The van der Waals surface area contributed by atoms with Gasteiger partial charge < -0.3 is 0 Å². The molecule has 0 saturated heterocycles. The maximum atomic E-state index is 13.0. The highest BCUT2D eigenvalue weighted by molar-refractivity contribution is 9.10. The smallest absolute Gasteiger partial charge is 0.260 e. The Kier molecular flexibility index (Phi) is 2.68. The molecule has 1 aromatic carbocycles. The van der Waals surface area contributed by atoms with Crippen LogP contribution in [0.4, 0.5) is 4.39 Å². The number of aliphatic imine (C=N–C) groups is 1. The van der Waals surface area contributed by atoms with Gasteiger partial charge in [0.1, 0.15) is 18.2 Å². The number of rotatable bonds is 1. The Morgan fingerprint density at radius 2 is 2.20 bits per heavy atom. The molecule has 0 unspecified atom stereocenters. The molecule has 1 amide bonds. The summed E-state index contributed by atoms with van der Waals surface area (Å²) in [5.41, 5.74) is 5.79. The molecule has 6 heteroatoms.